The van der Waals surface area contributed by atoms with Crippen molar-refractivity contribution < 1.29 is 14.5 Å². The highest BCUT2D eigenvalue weighted by Crippen LogP contribution is 2.20. The van der Waals surface area contributed by atoms with Crippen LogP contribution < -0.4 is 10.7 Å². The van der Waals surface area contributed by atoms with E-state index in [-0.39, 0.29) is 24.4 Å². The quantitative estimate of drug-likeness (QED) is 0.440. The maximum atomic E-state index is 11.8. The zero-order valence-electron chi connectivity index (χ0n) is 13.5. The van der Waals surface area contributed by atoms with E-state index in [0.29, 0.717) is 16.3 Å². The highest BCUT2D eigenvalue weighted by molar-refractivity contribution is 6.33. The number of benzene rings is 2. The zero-order chi connectivity index (χ0) is 18.9. The Bertz CT molecular complexity index is 837. The highest BCUT2D eigenvalue weighted by atomic mass is 35.5. The minimum absolute atomic E-state index is 0.0237. The van der Waals surface area contributed by atoms with Crippen LogP contribution in [-0.2, 0) is 9.59 Å². The van der Waals surface area contributed by atoms with Gasteiger partial charge < -0.3 is 5.32 Å². The number of hydrogen-bond acceptors (Lipinski definition) is 5. The lowest BCUT2D eigenvalue weighted by Gasteiger charge is -2.06. The van der Waals surface area contributed by atoms with Crippen molar-refractivity contribution in [2.24, 2.45) is 5.10 Å². The molecule has 0 bridgehead atoms. The monoisotopic (exact) mass is 374 g/mol. The minimum atomic E-state index is -0.504. The molecule has 0 saturated heterocycles. The second kappa shape index (κ2) is 9.28. The first-order chi connectivity index (χ1) is 12.5. The van der Waals surface area contributed by atoms with Crippen LogP contribution in [0.1, 0.15) is 18.4 Å². The molecule has 8 nitrogen and oxygen atoms in total. The fourth-order valence-corrected chi connectivity index (χ4v) is 2.10. The molecule has 0 aliphatic rings. The van der Waals surface area contributed by atoms with E-state index in [0.717, 1.165) is 0 Å². The minimum Gasteiger partial charge on any atom is -0.325 e. The molecule has 0 radical (unpaired) electrons. The molecule has 2 amide bonds. The molecule has 0 heterocycles. The third-order valence-electron chi connectivity index (χ3n) is 3.23. The summed E-state index contributed by atoms with van der Waals surface area (Å²) in [6.07, 6.45) is 1.28. The summed E-state index contributed by atoms with van der Waals surface area (Å²) in [5, 5.41) is 17.3. The lowest BCUT2D eigenvalue weighted by Crippen LogP contribution is -2.20. The summed E-state index contributed by atoms with van der Waals surface area (Å²) in [4.78, 5) is 33.5. The molecule has 2 aromatic rings. The molecule has 134 valence electrons. The Morgan fingerprint density at radius 3 is 2.38 bits per heavy atom. The molecule has 0 atom stereocenters. The summed E-state index contributed by atoms with van der Waals surface area (Å²) in [6, 6.07) is 12.5. The molecule has 0 aliphatic heterocycles. The third kappa shape index (κ3) is 5.99. The molecule has 9 heteroatoms. The number of anilines is 1. The van der Waals surface area contributed by atoms with Crippen LogP contribution in [0.4, 0.5) is 11.4 Å². The summed E-state index contributed by atoms with van der Waals surface area (Å²) in [5.41, 5.74) is 3.33. The van der Waals surface area contributed by atoms with Crippen molar-refractivity contribution in [2.75, 3.05) is 5.32 Å². The number of nitrogens with zero attached hydrogens (tertiary/aromatic N) is 2. The molecule has 26 heavy (non-hydrogen) atoms. The molecule has 0 spiro atoms. The summed E-state index contributed by atoms with van der Waals surface area (Å²) < 4.78 is 0. The van der Waals surface area contributed by atoms with E-state index in [1.165, 1.54) is 30.5 Å². The Hall–Kier alpha value is -3.26. The van der Waals surface area contributed by atoms with E-state index < -0.39 is 10.8 Å². The van der Waals surface area contributed by atoms with Crippen LogP contribution in [-0.4, -0.2) is 23.0 Å². The Morgan fingerprint density at radius 1 is 1.08 bits per heavy atom. The fourth-order valence-electron chi connectivity index (χ4n) is 1.92. The molecule has 0 aromatic heterocycles. The first-order valence-electron chi connectivity index (χ1n) is 7.56. The molecule has 2 N–H and O–H groups in total. The number of nitrogens with one attached hydrogen (secondary N) is 2. The van der Waals surface area contributed by atoms with Gasteiger partial charge >= 0.3 is 0 Å². The number of para-hydroxylation sites is 1. The van der Waals surface area contributed by atoms with Crippen molar-refractivity contribution >= 4 is 41.0 Å². The van der Waals surface area contributed by atoms with Crippen molar-refractivity contribution in [3.8, 4) is 0 Å². The molecule has 0 fully saturated rings. The van der Waals surface area contributed by atoms with Gasteiger partial charge in [-0.05, 0) is 29.8 Å². The van der Waals surface area contributed by atoms with Gasteiger partial charge in [-0.1, -0.05) is 23.7 Å². The highest BCUT2D eigenvalue weighted by Gasteiger charge is 2.08. The SMILES string of the molecule is O=C(CCC(=O)Nc1ccccc1Cl)N/N=C/c1ccc([N+](=O)[O-])cc1. The number of hydrogen-bond donors (Lipinski definition) is 2. The number of carbonyl (C=O) groups excluding carboxylic acids is 2. The van der Waals surface area contributed by atoms with Crippen LogP contribution in [0.2, 0.25) is 5.02 Å². The van der Waals surface area contributed by atoms with Gasteiger partial charge in [-0.2, -0.15) is 5.10 Å². The smallest absolute Gasteiger partial charge is 0.269 e. The molecular formula is C17H15ClN4O4. The van der Waals surface area contributed by atoms with Gasteiger partial charge in [-0.15, -0.1) is 0 Å². The van der Waals surface area contributed by atoms with Crippen LogP contribution in [0.15, 0.2) is 53.6 Å². The van der Waals surface area contributed by atoms with E-state index >= 15 is 0 Å². The molecule has 0 aliphatic carbocycles. The first kappa shape index (κ1) is 19.1. The van der Waals surface area contributed by atoms with Gasteiger partial charge in [0.05, 0.1) is 21.8 Å². The predicted molar refractivity (Wildman–Crippen MR) is 98.1 cm³/mol. The fraction of sp³-hybridized carbons (Fsp3) is 0.118. The van der Waals surface area contributed by atoms with Crippen LogP contribution in [0.3, 0.4) is 0 Å². The number of hydrazone groups is 1. The zero-order valence-corrected chi connectivity index (χ0v) is 14.3. The van der Waals surface area contributed by atoms with Crippen molar-refractivity contribution in [1.29, 1.82) is 0 Å². The number of non-ortho nitro benzene ring substituents is 1. The van der Waals surface area contributed by atoms with Gasteiger partial charge in [0, 0.05) is 25.0 Å². The standard InChI is InChI=1S/C17H15ClN4O4/c18-14-3-1-2-4-15(14)20-16(23)9-10-17(24)21-19-11-12-5-7-13(8-6-12)22(25)26/h1-8,11H,9-10H2,(H,20,23)(H,21,24)/b19-11+. The normalized spacial score (nSPS) is 10.5. The summed E-state index contributed by atoms with van der Waals surface area (Å²) >= 11 is 5.93. The second-order valence-corrected chi connectivity index (χ2v) is 5.58. The number of nitro groups is 1. The third-order valence-corrected chi connectivity index (χ3v) is 3.56. The van der Waals surface area contributed by atoms with Crippen molar-refractivity contribution in [2.45, 2.75) is 12.8 Å². The Labute approximate surface area is 154 Å². The molecule has 2 aromatic carbocycles. The van der Waals surface area contributed by atoms with Gasteiger partial charge in [-0.3, -0.25) is 19.7 Å². The van der Waals surface area contributed by atoms with Gasteiger partial charge in [0.2, 0.25) is 11.8 Å². The van der Waals surface area contributed by atoms with E-state index in [1.54, 1.807) is 24.3 Å². The van der Waals surface area contributed by atoms with Crippen LogP contribution in [0.25, 0.3) is 0 Å². The average molecular weight is 375 g/mol. The van der Waals surface area contributed by atoms with E-state index in [1.807, 2.05) is 0 Å². The van der Waals surface area contributed by atoms with E-state index in [2.05, 4.69) is 15.8 Å². The Balaban J connectivity index is 1.75. The lowest BCUT2D eigenvalue weighted by molar-refractivity contribution is -0.384. The summed E-state index contributed by atoms with van der Waals surface area (Å²) in [7, 11) is 0. The largest absolute Gasteiger partial charge is 0.325 e. The average Bonchev–Trinajstić information content (AvgIpc) is 2.62. The first-order valence-corrected chi connectivity index (χ1v) is 7.94. The van der Waals surface area contributed by atoms with Crippen molar-refractivity contribution in [1.82, 2.24) is 5.43 Å². The maximum absolute atomic E-state index is 11.8. The van der Waals surface area contributed by atoms with E-state index in [4.69, 9.17) is 11.6 Å². The number of nitro benzene ring substituents is 1. The van der Waals surface area contributed by atoms with Gasteiger partial charge in [0.15, 0.2) is 0 Å². The molecular weight excluding hydrogens is 360 g/mol. The number of rotatable bonds is 7. The molecule has 0 unspecified atom stereocenters. The maximum Gasteiger partial charge on any atom is 0.269 e. The van der Waals surface area contributed by atoms with Crippen LogP contribution in [0.5, 0.6) is 0 Å². The van der Waals surface area contributed by atoms with Crippen molar-refractivity contribution in [3.63, 3.8) is 0 Å². The second-order valence-electron chi connectivity index (χ2n) is 5.17. The van der Waals surface area contributed by atoms with Crippen molar-refractivity contribution in [3.05, 3.63) is 69.2 Å². The molecule has 2 rings (SSSR count). The predicted octanol–water partition coefficient (Wildman–Crippen LogP) is 3.12. The Kier molecular flexibility index (Phi) is 6.81. The lowest BCUT2D eigenvalue weighted by atomic mass is 10.2. The van der Waals surface area contributed by atoms with Gasteiger partial charge in [0.25, 0.3) is 5.69 Å². The Morgan fingerprint density at radius 2 is 1.73 bits per heavy atom. The number of carbonyl (C=O) groups is 2. The molecule has 0 saturated carbocycles. The van der Waals surface area contributed by atoms with Gasteiger partial charge in [-0.25, -0.2) is 5.43 Å². The van der Waals surface area contributed by atoms with Crippen LogP contribution >= 0.6 is 11.6 Å². The number of halogens is 1. The topological polar surface area (TPSA) is 114 Å². The summed E-state index contributed by atoms with van der Waals surface area (Å²) in [5.74, 6) is -0.773. The summed E-state index contributed by atoms with van der Waals surface area (Å²) in [6.45, 7) is 0. The number of amides is 2. The van der Waals surface area contributed by atoms with Gasteiger partial charge in [0.1, 0.15) is 0 Å². The van der Waals surface area contributed by atoms with E-state index in [9.17, 15) is 19.7 Å². The van der Waals surface area contributed by atoms with Crippen LogP contribution in [0, 0.1) is 10.1 Å².